The summed E-state index contributed by atoms with van der Waals surface area (Å²) in [4.78, 5) is 19.8. The van der Waals surface area contributed by atoms with Crippen molar-refractivity contribution in [3.05, 3.63) is 47.3 Å². The van der Waals surface area contributed by atoms with Gasteiger partial charge >= 0.3 is 0 Å². The van der Waals surface area contributed by atoms with Crippen LogP contribution in [-0.4, -0.2) is 48.0 Å². The first-order chi connectivity index (χ1) is 16.7. The van der Waals surface area contributed by atoms with Crippen LogP contribution in [0.3, 0.4) is 0 Å². The molecule has 0 N–H and O–H groups in total. The number of sulfone groups is 1. The molecule has 0 bridgehead atoms. The number of rotatable bonds is 10. The van der Waals surface area contributed by atoms with Gasteiger partial charge in [-0.25, -0.2) is 13.4 Å². The van der Waals surface area contributed by atoms with Gasteiger partial charge in [0.15, 0.2) is 0 Å². The van der Waals surface area contributed by atoms with Crippen LogP contribution < -0.4 is 0 Å². The first kappa shape index (κ1) is 25.9. The van der Waals surface area contributed by atoms with Crippen molar-refractivity contribution in [2.75, 3.05) is 13.2 Å². The highest BCUT2D eigenvalue weighted by atomic mass is 32.2. The van der Waals surface area contributed by atoms with Gasteiger partial charge in [0.2, 0.25) is 20.9 Å². The average molecular weight is 502 g/mol. The third-order valence-corrected chi connectivity index (χ3v) is 8.58. The summed E-state index contributed by atoms with van der Waals surface area (Å²) < 4.78 is 34.6. The highest BCUT2D eigenvalue weighted by Crippen LogP contribution is 2.29. The van der Waals surface area contributed by atoms with Gasteiger partial charge in [0.25, 0.3) is 0 Å². The normalized spacial score (nSPS) is 19.0. The van der Waals surface area contributed by atoms with Crippen LogP contribution in [-0.2, 0) is 38.2 Å². The van der Waals surface area contributed by atoms with E-state index in [-0.39, 0.29) is 34.8 Å². The fraction of sp³-hybridized carbons (Fsp3) is 0.630. The van der Waals surface area contributed by atoms with E-state index in [0.717, 1.165) is 62.0 Å². The zero-order valence-electron chi connectivity index (χ0n) is 21.3. The molecule has 192 valence electrons. The monoisotopic (exact) mass is 501 g/mol. The summed E-state index contributed by atoms with van der Waals surface area (Å²) in [6.45, 7) is 8.26. The average Bonchev–Trinajstić information content (AvgIpc) is 3.55. The number of nitrogens with zero attached hydrogens (tertiary/aromatic N) is 3. The molecule has 1 saturated carbocycles. The molecule has 1 aromatic carbocycles. The van der Waals surface area contributed by atoms with E-state index in [0.29, 0.717) is 19.6 Å². The minimum absolute atomic E-state index is 0.0475. The fourth-order valence-electron chi connectivity index (χ4n) is 5.31. The van der Waals surface area contributed by atoms with Gasteiger partial charge in [0, 0.05) is 25.6 Å². The molecule has 35 heavy (non-hydrogen) atoms. The Balaban J connectivity index is 1.62. The first-order valence-corrected chi connectivity index (χ1v) is 14.6. The van der Waals surface area contributed by atoms with E-state index in [4.69, 9.17) is 4.74 Å². The number of hydrogen-bond acceptors (Lipinski definition) is 5. The molecular formula is C27H39N3O4S. The maximum atomic E-state index is 13.5. The first-order valence-electron chi connectivity index (χ1n) is 13.0. The largest absolute Gasteiger partial charge is 0.376 e. The number of hydrogen-bond donors (Lipinski definition) is 0. The Morgan fingerprint density at radius 3 is 2.63 bits per heavy atom. The molecule has 2 aromatic rings. The standard InChI is InChI=1S/C27H39N3O4S/c1-20(2)16-30-24(15-28-27(30)35(32,33)19-22-9-6-8-21(3)14-22)17-29(18-25-12-7-13-34-25)26(31)23-10-4-5-11-23/h6,8-9,14-15,20,23,25H,4-5,7,10-13,16-19H2,1-3H3/t25-/m1/s1. The zero-order valence-corrected chi connectivity index (χ0v) is 22.1. The van der Waals surface area contributed by atoms with E-state index < -0.39 is 9.84 Å². The van der Waals surface area contributed by atoms with Gasteiger partial charge in [-0.15, -0.1) is 0 Å². The Morgan fingerprint density at radius 1 is 1.20 bits per heavy atom. The second kappa shape index (κ2) is 11.2. The fourth-order valence-corrected chi connectivity index (χ4v) is 6.79. The second-order valence-electron chi connectivity index (χ2n) is 10.6. The van der Waals surface area contributed by atoms with Gasteiger partial charge in [0.1, 0.15) is 0 Å². The van der Waals surface area contributed by atoms with Crippen molar-refractivity contribution in [3.8, 4) is 0 Å². The number of imidazole rings is 1. The van der Waals surface area contributed by atoms with Crippen molar-refractivity contribution >= 4 is 15.7 Å². The Kier molecular flexibility index (Phi) is 8.32. The van der Waals surface area contributed by atoms with Crippen LogP contribution in [0.4, 0.5) is 0 Å². The van der Waals surface area contributed by atoms with E-state index in [9.17, 15) is 13.2 Å². The summed E-state index contributed by atoms with van der Waals surface area (Å²) >= 11 is 0. The van der Waals surface area contributed by atoms with Crippen LogP contribution in [0, 0.1) is 18.8 Å². The highest BCUT2D eigenvalue weighted by Gasteiger charge is 2.32. The minimum Gasteiger partial charge on any atom is -0.376 e. The summed E-state index contributed by atoms with van der Waals surface area (Å²) in [7, 11) is -3.66. The summed E-state index contributed by atoms with van der Waals surface area (Å²) in [5, 5.41) is 0.0908. The van der Waals surface area contributed by atoms with E-state index in [1.54, 1.807) is 6.20 Å². The Hall–Kier alpha value is -2.19. The molecule has 1 aromatic heterocycles. The number of aryl methyl sites for hydroxylation is 1. The molecule has 1 aliphatic heterocycles. The minimum atomic E-state index is -3.66. The van der Waals surface area contributed by atoms with E-state index >= 15 is 0 Å². The number of carbonyl (C=O) groups excluding carboxylic acids is 1. The maximum absolute atomic E-state index is 13.5. The van der Waals surface area contributed by atoms with Gasteiger partial charge in [0.05, 0.1) is 30.3 Å². The van der Waals surface area contributed by atoms with Crippen molar-refractivity contribution in [1.82, 2.24) is 14.5 Å². The smallest absolute Gasteiger partial charge is 0.228 e. The maximum Gasteiger partial charge on any atom is 0.228 e. The van der Waals surface area contributed by atoms with Crippen LogP contribution in [0.25, 0.3) is 0 Å². The molecule has 1 aliphatic carbocycles. The summed E-state index contributed by atoms with van der Waals surface area (Å²) in [5.41, 5.74) is 2.55. The van der Waals surface area contributed by atoms with E-state index in [1.807, 2.05) is 40.7 Å². The molecule has 2 aliphatic rings. The molecule has 2 heterocycles. The molecule has 2 fully saturated rings. The lowest BCUT2D eigenvalue weighted by Crippen LogP contribution is -2.40. The molecule has 7 nitrogen and oxygen atoms in total. The molecule has 1 atom stereocenters. The Morgan fingerprint density at radius 2 is 1.97 bits per heavy atom. The summed E-state index contributed by atoms with van der Waals surface area (Å²) in [5.74, 6) is 0.360. The molecule has 0 radical (unpaired) electrons. The molecule has 1 amide bonds. The molecular weight excluding hydrogens is 462 g/mol. The number of carbonyl (C=O) groups is 1. The van der Waals surface area contributed by atoms with Crippen molar-refractivity contribution in [2.24, 2.45) is 11.8 Å². The van der Waals surface area contributed by atoms with Crippen LogP contribution in [0.2, 0.25) is 0 Å². The molecule has 8 heteroatoms. The number of amides is 1. The lowest BCUT2D eigenvalue weighted by molar-refractivity contribution is -0.137. The van der Waals surface area contributed by atoms with Crippen molar-refractivity contribution in [3.63, 3.8) is 0 Å². The summed E-state index contributed by atoms with van der Waals surface area (Å²) in [6, 6.07) is 7.57. The predicted molar refractivity (Wildman–Crippen MR) is 135 cm³/mol. The third kappa shape index (κ3) is 6.53. The van der Waals surface area contributed by atoms with Crippen LogP contribution in [0.1, 0.15) is 69.2 Å². The van der Waals surface area contributed by atoms with Crippen LogP contribution in [0.5, 0.6) is 0 Å². The lowest BCUT2D eigenvalue weighted by Gasteiger charge is -2.28. The Labute approximate surface area is 209 Å². The molecule has 4 rings (SSSR count). The van der Waals surface area contributed by atoms with E-state index in [2.05, 4.69) is 18.8 Å². The third-order valence-electron chi connectivity index (χ3n) is 6.98. The quantitative estimate of drug-likeness (QED) is 0.478. The molecule has 1 saturated heterocycles. The predicted octanol–water partition coefficient (Wildman–Crippen LogP) is 4.52. The van der Waals surface area contributed by atoms with E-state index in [1.165, 1.54) is 0 Å². The molecule has 0 unspecified atom stereocenters. The number of aromatic nitrogens is 2. The van der Waals surface area contributed by atoms with Crippen molar-refractivity contribution < 1.29 is 17.9 Å². The second-order valence-corrected chi connectivity index (χ2v) is 12.5. The number of benzene rings is 1. The SMILES string of the molecule is Cc1cccc(CS(=O)(=O)c2ncc(CN(C[C@H]3CCCO3)C(=O)C3CCCC3)n2CC(C)C)c1. The lowest BCUT2D eigenvalue weighted by atomic mass is 10.1. The van der Waals surface area contributed by atoms with Crippen LogP contribution in [0.15, 0.2) is 35.6 Å². The molecule has 0 spiro atoms. The number of ether oxygens (including phenoxy) is 1. The topological polar surface area (TPSA) is 81.5 Å². The van der Waals surface area contributed by atoms with Gasteiger partial charge < -0.3 is 14.2 Å². The van der Waals surface area contributed by atoms with Crippen LogP contribution >= 0.6 is 0 Å². The van der Waals surface area contributed by atoms with Crippen molar-refractivity contribution in [2.45, 2.75) is 89.4 Å². The Bertz CT molecular complexity index is 1110. The zero-order chi connectivity index (χ0) is 25.0. The highest BCUT2D eigenvalue weighted by molar-refractivity contribution is 7.90. The van der Waals surface area contributed by atoms with Gasteiger partial charge in [-0.05, 0) is 44.1 Å². The van der Waals surface area contributed by atoms with Gasteiger partial charge in [-0.2, -0.15) is 0 Å². The van der Waals surface area contributed by atoms with Crippen molar-refractivity contribution in [1.29, 1.82) is 0 Å². The van der Waals surface area contributed by atoms with Gasteiger partial charge in [-0.1, -0.05) is 56.5 Å². The summed E-state index contributed by atoms with van der Waals surface area (Å²) in [6.07, 6.45) is 7.72. The van der Waals surface area contributed by atoms with Gasteiger partial charge in [-0.3, -0.25) is 4.79 Å².